The summed E-state index contributed by atoms with van der Waals surface area (Å²) in [6.07, 6.45) is 3.27. The van der Waals surface area contributed by atoms with E-state index in [2.05, 4.69) is 10.2 Å². The van der Waals surface area contributed by atoms with Crippen LogP contribution >= 0.6 is 7.67 Å². The van der Waals surface area contributed by atoms with Gasteiger partial charge in [0.2, 0.25) is 0 Å². The second-order valence-electron chi connectivity index (χ2n) is 8.41. The molecule has 0 amide bonds. The first-order chi connectivity index (χ1) is 14.4. The molecule has 0 aromatic rings. The van der Waals surface area contributed by atoms with Crippen molar-refractivity contribution in [1.82, 2.24) is 15.1 Å². The van der Waals surface area contributed by atoms with Crippen molar-refractivity contribution < 1.29 is 33.3 Å². The van der Waals surface area contributed by atoms with Crippen LogP contribution in [-0.4, -0.2) is 59.1 Å². The Labute approximate surface area is 183 Å². The van der Waals surface area contributed by atoms with Crippen LogP contribution in [0.15, 0.2) is 24.0 Å². The Kier molecular flexibility index (Phi) is 8.85. The predicted molar refractivity (Wildman–Crippen MR) is 115 cm³/mol. The van der Waals surface area contributed by atoms with Gasteiger partial charge in [-0.1, -0.05) is 13.0 Å². The number of carboxylic acid groups (broad SMARTS) is 1. The number of allylic oxidation sites excluding steroid dienone is 1. The molecule has 176 valence electrons. The summed E-state index contributed by atoms with van der Waals surface area (Å²) in [6.45, 7) is 10.6. The highest BCUT2D eigenvalue weighted by atomic mass is 31.2. The van der Waals surface area contributed by atoms with Crippen molar-refractivity contribution in [2.45, 2.75) is 78.5 Å². The van der Waals surface area contributed by atoms with E-state index in [4.69, 9.17) is 14.0 Å². The average Bonchev–Trinajstić information content (AvgIpc) is 2.94. The quantitative estimate of drug-likeness (QED) is 0.331. The Bertz CT molecular complexity index is 754. The molecule has 2 heterocycles. The normalized spacial score (nSPS) is 26.5. The van der Waals surface area contributed by atoms with Crippen molar-refractivity contribution in [3.63, 3.8) is 0 Å². The number of rotatable bonds is 10. The van der Waals surface area contributed by atoms with Gasteiger partial charge in [0.1, 0.15) is 0 Å². The molecule has 0 radical (unpaired) electrons. The average molecular weight is 459 g/mol. The van der Waals surface area contributed by atoms with Gasteiger partial charge in [-0.2, -0.15) is 0 Å². The molecule has 1 fully saturated rings. The van der Waals surface area contributed by atoms with Crippen LogP contribution in [0.25, 0.3) is 0 Å². The fourth-order valence-electron chi connectivity index (χ4n) is 3.49. The molecule has 0 bridgehead atoms. The number of nitrogens with one attached hydrogen (secondary N) is 2. The highest BCUT2D eigenvalue weighted by Crippen LogP contribution is 2.41. The first-order valence-electron chi connectivity index (χ1n) is 10.4. The summed E-state index contributed by atoms with van der Waals surface area (Å²) in [5.74, 6) is -1.77. The molecule has 0 aromatic heterocycles. The predicted octanol–water partition coefficient (Wildman–Crippen LogP) is 2.59. The highest BCUT2D eigenvalue weighted by molar-refractivity contribution is 7.54. The second kappa shape index (κ2) is 10.7. The zero-order chi connectivity index (χ0) is 23.3. The molecule has 31 heavy (non-hydrogen) atoms. The van der Waals surface area contributed by atoms with Gasteiger partial charge in [-0.15, -0.1) is 0 Å². The highest BCUT2D eigenvalue weighted by Gasteiger charge is 2.47. The van der Waals surface area contributed by atoms with Gasteiger partial charge < -0.3 is 24.0 Å². The van der Waals surface area contributed by atoms with E-state index in [0.717, 1.165) is 0 Å². The van der Waals surface area contributed by atoms with Crippen LogP contribution in [0.2, 0.25) is 0 Å². The van der Waals surface area contributed by atoms with Gasteiger partial charge in [0.15, 0.2) is 12.3 Å². The number of hydrogen-bond donors (Lipinski definition) is 3. The summed E-state index contributed by atoms with van der Waals surface area (Å²) in [5, 5.41) is 15.2. The molecule has 11 heteroatoms. The van der Waals surface area contributed by atoms with Crippen molar-refractivity contribution in [3.05, 3.63) is 24.0 Å². The van der Waals surface area contributed by atoms with Crippen LogP contribution < -0.4 is 10.2 Å². The van der Waals surface area contributed by atoms with E-state index in [1.54, 1.807) is 17.2 Å². The fraction of sp³-hybridized carbons (Fsp3) is 0.700. The number of aliphatic carboxylic acids is 1. The number of esters is 1. The van der Waals surface area contributed by atoms with Gasteiger partial charge in [0, 0.05) is 43.7 Å². The summed E-state index contributed by atoms with van der Waals surface area (Å²) in [5.41, 5.74) is 0.201. The number of carboxylic acids is 1. The first kappa shape index (κ1) is 25.5. The van der Waals surface area contributed by atoms with E-state index >= 15 is 0 Å². The number of carbonyl (C=O) groups is 2. The minimum absolute atomic E-state index is 0.000788. The van der Waals surface area contributed by atoms with Crippen molar-refractivity contribution >= 4 is 19.6 Å². The molecular formula is C20H34N3O7P. The van der Waals surface area contributed by atoms with Crippen LogP contribution in [0.3, 0.4) is 0 Å². The Morgan fingerprint density at radius 3 is 2.42 bits per heavy atom. The van der Waals surface area contributed by atoms with E-state index < -0.39 is 38.0 Å². The van der Waals surface area contributed by atoms with Crippen molar-refractivity contribution in [3.8, 4) is 0 Å². The summed E-state index contributed by atoms with van der Waals surface area (Å²) in [4.78, 5) is 24.7. The molecule has 0 aromatic carbocycles. The lowest BCUT2D eigenvalue weighted by Gasteiger charge is -2.30. The van der Waals surface area contributed by atoms with Crippen molar-refractivity contribution in [2.75, 3.05) is 6.61 Å². The molecule has 2 rings (SSSR count). The molecule has 4 atom stereocenters. The Morgan fingerprint density at radius 1 is 1.29 bits per heavy atom. The molecule has 0 aliphatic carbocycles. The van der Waals surface area contributed by atoms with Crippen LogP contribution in [0.4, 0.5) is 0 Å². The van der Waals surface area contributed by atoms with E-state index in [0.29, 0.717) is 6.42 Å². The molecule has 1 saturated heterocycles. The minimum Gasteiger partial charge on any atom is -0.478 e. The molecule has 2 aliphatic heterocycles. The van der Waals surface area contributed by atoms with Crippen molar-refractivity contribution in [2.24, 2.45) is 5.92 Å². The van der Waals surface area contributed by atoms with Crippen LogP contribution in [0.5, 0.6) is 0 Å². The molecular weight excluding hydrogens is 425 g/mol. The van der Waals surface area contributed by atoms with Gasteiger partial charge in [-0.3, -0.25) is 9.36 Å². The summed E-state index contributed by atoms with van der Waals surface area (Å²) < 4.78 is 30.6. The SMILES string of the molecule is CC(=O)O[C@@H]1[C@H](C)[C@@H](COP(=O)(NC(C)C)NC(C)C)O[C@H]1N1C=CCC(C(=O)O)=C1. The zero-order valence-corrected chi connectivity index (χ0v) is 19.8. The maximum Gasteiger partial charge on any atom is 0.341 e. The third-order valence-electron chi connectivity index (χ3n) is 4.77. The molecule has 10 nitrogen and oxygen atoms in total. The van der Waals surface area contributed by atoms with Gasteiger partial charge in [-0.25, -0.2) is 15.0 Å². The molecule has 0 spiro atoms. The largest absolute Gasteiger partial charge is 0.478 e. The Balaban J connectivity index is 2.19. The smallest absolute Gasteiger partial charge is 0.341 e. The lowest BCUT2D eigenvalue weighted by atomic mass is 10.00. The maximum atomic E-state index is 13.2. The zero-order valence-electron chi connectivity index (χ0n) is 18.9. The lowest BCUT2D eigenvalue weighted by molar-refractivity contribution is -0.154. The monoisotopic (exact) mass is 459 g/mol. The van der Waals surface area contributed by atoms with Crippen molar-refractivity contribution in [1.29, 1.82) is 0 Å². The Hall–Kier alpha value is -1.71. The number of hydrogen-bond acceptors (Lipinski definition) is 7. The number of carbonyl (C=O) groups excluding carboxylic acids is 1. The molecule has 3 N–H and O–H groups in total. The van der Waals surface area contributed by atoms with Crippen LogP contribution in [0, 0.1) is 5.92 Å². The summed E-state index contributed by atoms with van der Waals surface area (Å²) in [7, 11) is -3.34. The van der Waals surface area contributed by atoms with Gasteiger partial charge >= 0.3 is 19.6 Å². The number of nitrogens with zero attached hydrogens (tertiary/aromatic N) is 1. The maximum absolute atomic E-state index is 13.2. The number of ether oxygens (including phenoxy) is 2. The third-order valence-corrected chi connectivity index (χ3v) is 6.99. The minimum atomic E-state index is -3.34. The molecule has 0 unspecified atom stereocenters. The standard InChI is InChI=1S/C20H34N3O7P/c1-12(2)21-31(27,22-13(3)4)28-11-17-14(5)18(29-15(6)24)19(30-17)23-9-7-8-16(10-23)20(25)26/h7,9-10,12-14,17-19H,8,11H2,1-6H3,(H,25,26)(H2,21,22,27)/t14-,17-,18-,19-/m1/s1. The van der Waals surface area contributed by atoms with E-state index in [1.165, 1.54) is 13.1 Å². The Morgan fingerprint density at radius 2 is 1.90 bits per heavy atom. The fourth-order valence-corrected chi connectivity index (χ4v) is 5.43. The lowest BCUT2D eigenvalue weighted by Crippen LogP contribution is -2.40. The first-order valence-corrected chi connectivity index (χ1v) is 12.0. The van der Waals surface area contributed by atoms with Gasteiger partial charge in [0.05, 0.1) is 18.3 Å². The van der Waals surface area contributed by atoms with E-state index in [1.807, 2.05) is 34.6 Å². The van der Waals surface area contributed by atoms with E-state index in [9.17, 15) is 19.3 Å². The topological polar surface area (TPSA) is 126 Å². The van der Waals surface area contributed by atoms with Crippen LogP contribution in [-0.2, 0) is 28.2 Å². The van der Waals surface area contributed by atoms with Gasteiger partial charge in [0.25, 0.3) is 0 Å². The third kappa shape index (κ3) is 7.15. The molecule has 2 aliphatic rings. The van der Waals surface area contributed by atoms with E-state index in [-0.39, 0.29) is 30.2 Å². The molecule has 0 saturated carbocycles. The van der Waals surface area contributed by atoms with Gasteiger partial charge in [-0.05, 0) is 27.7 Å². The van der Waals surface area contributed by atoms with Crippen LogP contribution in [0.1, 0.15) is 48.0 Å². The second-order valence-corrected chi connectivity index (χ2v) is 10.3. The summed E-state index contributed by atoms with van der Waals surface area (Å²) >= 11 is 0. The summed E-state index contributed by atoms with van der Waals surface area (Å²) in [6, 6.07) is -0.141.